The van der Waals surface area contributed by atoms with Gasteiger partial charge >= 0.3 is 0 Å². The van der Waals surface area contributed by atoms with Crippen molar-refractivity contribution in [3.8, 4) is 0 Å². The molecular weight excluding hydrogens is 412 g/mol. The molecule has 0 spiro atoms. The first kappa shape index (κ1) is 21.5. The number of nitrogens with zero attached hydrogens (tertiary/aromatic N) is 2. The molecule has 0 fully saturated rings. The average Bonchev–Trinajstić information content (AvgIpc) is 2.86. The van der Waals surface area contributed by atoms with Crippen LogP contribution in [0.5, 0.6) is 0 Å². The molecule has 5 aromatic carbocycles. The number of anilines is 6. The fourth-order valence-corrected chi connectivity index (χ4v) is 4.48. The van der Waals surface area contributed by atoms with Crippen LogP contribution in [0.1, 0.15) is 11.1 Å². The van der Waals surface area contributed by atoms with Crippen molar-refractivity contribution in [3.05, 3.63) is 145 Å². The first-order valence-electron chi connectivity index (χ1n) is 11.6. The number of hydrogen-bond donors (Lipinski definition) is 0. The number of aryl methyl sites for hydroxylation is 2. The maximum Gasteiger partial charge on any atom is 0.0482 e. The monoisotopic (exact) mass is 440 g/mol. The Balaban J connectivity index is 1.67. The summed E-state index contributed by atoms with van der Waals surface area (Å²) in [6.45, 7) is 4.31. The fourth-order valence-electron chi connectivity index (χ4n) is 4.48. The van der Waals surface area contributed by atoms with E-state index in [1.54, 1.807) is 0 Å². The second-order valence-corrected chi connectivity index (χ2v) is 8.54. The Morgan fingerprint density at radius 3 is 1.09 bits per heavy atom. The van der Waals surface area contributed by atoms with Gasteiger partial charge in [-0.3, -0.25) is 0 Å². The maximum absolute atomic E-state index is 2.33. The molecule has 5 rings (SSSR count). The van der Waals surface area contributed by atoms with Crippen molar-refractivity contribution in [2.45, 2.75) is 13.8 Å². The van der Waals surface area contributed by atoms with Crippen LogP contribution in [0.4, 0.5) is 34.1 Å². The number of rotatable bonds is 6. The van der Waals surface area contributed by atoms with E-state index in [4.69, 9.17) is 0 Å². The van der Waals surface area contributed by atoms with Crippen LogP contribution >= 0.6 is 0 Å². The minimum absolute atomic E-state index is 1.11. The Kier molecular flexibility index (Phi) is 6.13. The van der Waals surface area contributed by atoms with Crippen molar-refractivity contribution in [1.29, 1.82) is 0 Å². The van der Waals surface area contributed by atoms with Crippen LogP contribution in [0.25, 0.3) is 0 Å². The molecule has 0 aliphatic carbocycles. The lowest BCUT2D eigenvalue weighted by Gasteiger charge is -2.29. The van der Waals surface area contributed by atoms with Crippen LogP contribution in [-0.4, -0.2) is 0 Å². The van der Waals surface area contributed by atoms with E-state index in [-0.39, 0.29) is 0 Å². The summed E-state index contributed by atoms with van der Waals surface area (Å²) < 4.78 is 0. The maximum atomic E-state index is 2.33. The molecule has 0 N–H and O–H groups in total. The van der Waals surface area contributed by atoms with Gasteiger partial charge in [-0.1, -0.05) is 66.7 Å². The summed E-state index contributed by atoms with van der Waals surface area (Å²) in [6.07, 6.45) is 0. The molecule has 0 unspecified atom stereocenters. The summed E-state index contributed by atoms with van der Waals surface area (Å²) in [5.74, 6) is 0. The standard InChI is InChI=1S/C32H28N2/c1-25-21-26(2)23-32(22-25)34(29-17-10-5-11-18-29)31-20-12-19-30(24-31)33(27-13-6-3-7-14-27)28-15-8-4-9-16-28/h3-24H,1-2H3. The molecule has 2 heteroatoms. The average molecular weight is 441 g/mol. The lowest BCUT2D eigenvalue weighted by molar-refractivity contribution is 1.23. The molecule has 0 amide bonds. The molecule has 0 saturated heterocycles. The quantitative estimate of drug-likeness (QED) is 0.259. The molecule has 5 aromatic rings. The lowest BCUT2D eigenvalue weighted by atomic mass is 10.1. The van der Waals surface area contributed by atoms with Gasteiger partial charge in [-0.25, -0.2) is 0 Å². The minimum Gasteiger partial charge on any atom is -0.310 e. The van der Waals surface area contributed by atoms with E-state index in [0.29, 0.717) is 0 Å². The Morgan fingerprint density at radius 1 is 0.324 bits per heavy atom. The predicted molar refractivity (Wildman–Crippen MR) is 145 cm³/mol. The summed E-state index contributed by atoms with van der Waals surface area (Å²) >= 11 is 0. The highest BCUT2D eigenvalue weighted by Gasteiger charge is 2.17. The highest BCUT2D eigenvalue weighted by Crippen LogP contribution is 2.40. The fraction of sp³-hybridized carbons (Fsp3) is 0.0625. The highest BCUT2D eigenvalue weighted by molar-refractivity contribution is 5.83. The first-order chi connectivity index (χ1) is 16.7. The van der Waals surface area contributed by atoms with Crippen molar-refractivity contribution in [1.82, 2.24) is 0 Å². The third-order valence-corrected chi connectivity index (χ3v) is 5.85. The van der Waals surface area contributed by atoms with Gasteiger partial charge in [0.1, 0.15) is 0 Å². The number of hydrogen-bond acceptors (Lipinski definition) is 2. The van der Waals surface area contributed by atoms with Crippen LogP contribution in [0.2, 0.25) is 0 Å². The molecule has 166 valence electrons. The predicted octanol–water partition coefficient (Wildman–Crippen LogP) is 9.24. The zero-order chi connectivity index (χ0) is 23.3. The topological polar surface area (TPSA) is 6.48 Å². The zero-order valence-electron chi connectivity index (χ0n) is 19.6. The lowest BCUT2D eigenvalue weighted by Crippen LogP contribution is -2.13. The summed E-state index contributed by atoms with van der Waals surface area (Å²) in [7, 11) is 0. The van der Waals surface area contributed by atoms with Crippen molar-refractivity contribution in [2.24, 2.45) is 0 Å². The third-order valence-electron chi connectivity index (χ3n) is 5.85. The summed E-state index contributed by atoms with van der Waals surface area (Å²) in [5.41, 5.74) is 9.28. The van der Waals surface area contributed by atoms with E-state index >= 15 is 0 Å². The molecule has 0 bridgehead atoms. The highest BCUT2D eigenvalue weighted by atomic mass is 15.2. The van der Waals surface area contributed by atoms with Crippen LogP contribution in [0.15, 0.2) is 133 Å². The van der Waals surface area contributed by atoms with Gasteiger partial charge < -0.3 is 9.80 Å². The van der Waals surface area contributed by atoms with Crippen LogP contribution in [-0.2, 0) is 0 Å². The van der Waals surface area contributed by atoms with E-state index < -0.39 is 0 Å². The Bertz CT molecular complexity index is 1300. The minimum atomic E-state index is 1.11. The summed E-state index contributed by atoms with van der Waals surface area (Å²) in [4.78, 5) is 4.63. The molecular formula is C32H28N2. The van der Waals surface area contributed by atoms with E-state index in [9.17, 15) is 0 Å². The first-order valence-corrected chi connectivity index (χ1v) is 11.6. The van der Waals surface area contributed by atoms with E-state index in [1.807, 2.05) is 0 Å². The van der Waals surface area contributed by atoms with Crippen molar-refractivity contribution in [2.75, 3.05) is 9.80 Å². The Labute approximate surface area is 202 Å². The van der Waals surface area contributed by atoms with Crippen molar-refractivity contribution in [3.63, 3.8) is 0 Å². The van der Waals surface area contributed by atoms with Crippen LogP contribution in [0, 0.1) is 13.8 Å². The van der Waals surface area contributed by atoms with E-state index in [1.165, 1.54) is 11.1 Å². The molecule has 0 radical (unpaired) electrons. The zero-order valence-corrected chi connectivity index (χ0v) is 19.6. The van der Waals surface area contributed by atoms with Gasteiger partial charge in [-0.15, -0.1) is 0 Å². The molecule has 0 aromatic heterocycles. The van der Waals surface area contributed by atoms with Gasteiger partial charge in [0.2, 0.25) is 0 Å². The molecule has 0 aliphatic rings. The second kappa shape index (κ2) is 9.68. The van der Waals surface area contributed by atoms with Gasteiger partial charge in [0.15, 0.2) is 0 Å². The van der Waals surface area contributed by atoms with Gasteiger partial charge in [0.25, 0.3) is 0 Å². The van der Waals surface area contributed by atoms with Crippen LogP contribution < -0.4 is 9.80 Å². The molecule has 0 saturated carbocycles. The normalized spacial score (nSPS) is 10.6. The molecule has 0 heterocycles. The number of para-hydroxylation sites is 3. The van der Waals surface area contributed by atoms with E-state index in [2.05, 4.69) is 157 Å². The molecule has 34 heavy (non-hydrogen) atoms. The second-order valence-electron chi connectivity index (χ2n) is 8.54. The van der Waals surface area contributed by atoms with Crippen molar-refractivity contribution >= 4 is 34.1 Å². The Hall–Kier alpha value is -4.30. The molecule has 0 aliphatic heterocycles. The van der Waals surface area contributed by atoms with Gasteiger partial charge in [0, 0.05) is 34.1 Å². The smallest absolute Gasteiger partial charge is 0.0482 e. The van der Waals surface area contributed by atoms with Gasteiger partial charge in [-0.05, 0) is 91.7 Å². The van der Waals surface area contributed by atoms with Crippen molar-refractivity contribution < 1.29 is 0 Å². The molecule has 2 nitrogen and oxygen atoms in total. The molecule has 0 atom stereocenters. The third kappa shape index (κ3) is 4.57. The summed E-state index contributed by atoms with van der Waals surface area (Å²) in [6, 6.07) is 47.1. The largest absolute Gasteiger partial charge is 0.310 e. The van der Waals surface area contributed by atoms with Crippen LogP contribution in [0.3, 0.4) is 0 Å². The van der Waals surface area contributed by atoms with Gasteiger partial charge in [-0.2, -0.15) is 0 Å². The SMILES string of the molecule is Cc1cc(C)cc(N(c2ccccc2)c2cccc(N(c3ccccc3)c3ccccc3)c2)c1. The summed E-state index contributed by atoms with van der Waals surface area (Å²) in [5, 5.41) is 0. The Morgan fingerprint density at radius 2 is 0.676 bits per heavy atom. The van der Waals surface area contributed by atoms with Gasteiger partial charge in [0.05, 0.1) is 0 Å². The van der Waals surface area contributed by atoms with E-state index in [0.717, 1.165) is 34.1 Å². The number of benzene rings is 5.